The minimum absolute atomic E-state index is 0.196. The maximum atomic E-state index is 13.2. The van der Waals surface area contributed by atoms with Gasteiger partial charge in [-0.25, -0.2) is 9.18 Å². The van der Waals surface area contributed by atoms with Gasteiger partial charge in [0.05, 0.1) is 0 Å². The fraction of sp³-hybridized carbons (Fsp3) is 0.263. The standard InChI is InChI=1S/C19H20FNO4/c1-11-6-4-9-16(12(11)2)17(19(23)24)21-18(22)13(3)25-15-8-5-7-14(20)10-15/h4-10,13,17H,1-3H3,(H,21,22)(H,23,24). The largest absolute Gasteiger partial charge is 0.481 e. The fourth-order valence-corrected chi connectivity index (χ4v) is 2.42. The number of benzene rings is 2. The van der Waals surface area contributed by atoms with Gasteiger partial charge in [0, 0.05) is 6.07 Å². The number of amides is 1. The number of carbonyl (C=O) groups is 2. The van der Waals surface area contributed by atoms with Crippen molar-refractivity contribution in [1.29, 1.82) is 0 Å². The van der Waals surface area contributed by atoms with E-state index in [2.05, 4.69) is 5.32 Å². The molecule has 2 atom stereocenters. The summed E-state index contributed by atoms with van der Waals surface area (Å²) < 4.78 is 18.6. The number of halogens is 1. The first-order chi connectivity index (χ1) is 11.8. The summed E-state index contributed by atoms with van der Waals surface area (Å²) in [5, 5.41) is 12.0. The molecule has 2 N–H and O–H groups in total. The highest BCUT2D eigenvalue weighted by Gasteiger charge is 2.27. The Labute approximate surface area is 145 Å². The molecular formula is C19H20FNO4. The van der Waals surface area contributed by atoms with Crippen molar-refractivity contribution in [1.82, 2.24) is 5.32 Å². The quantitative estimate of drug-likeness (QED) is 0.843. The smallest absolute Gasteiger partial charge is 0.330 e. The highest BCUT2D eigenvalue weighted by atomic mass is 19.1. The molecule has 0 saturated carbocycles. The van der Waals surface area contributed by atoms with Gasteiger partial charge in [0.15, 0.2) is 12.1 Å². The van der Waals surface area contributed by atoms with Gasteiger partial charge in [-0.2, -0.15) is 0 Å². The summed E-state index contributed by atoms with van der Waals surface area (Å²) in [4.78, 5) is 23.9. The molecule has 0 fully saturated rings. The van der Waals surface area contributed by atoms with E-state index in [0.29, 0.717) is 5.56 Å². The van der Waals surface area contributed by atoms with Crippen LogP contribution in [0.3, 0.4) is 0 Å². The Kier molecular flexibility index (Phi) is 5.75. The van der Waals surface area contributed by atoms with E-state index < -0.39 is 29.8 Å². The van der Waals surface area contributed by atoms with Gasteiger partial charge < -0.3 is 15.2 Å². The average molecular weight is 345 g/mol. The molecule has 0 aliphatic rings. The van der Waals surface area contributed by atoms with Gasteiger partial charge in [0.1, 0.15) is 11.6 Å². The number of ether oxygens (including phenoxy) is 1. The first-order valence-corrected chi connectivity index (χ1v) is 7.81. The third kappa shape index (κ3) is 4.56. The van der Waals surface area contributed by atoms with Crippen LogP contribution < -0.4 is 10.1 Å². The van der Waals surface area contributed by atoms with Gasteiger partial charge in [0.25, 0.3) is 5.91 Å². The van der Waals surface area contributed by atoms with Crippen molar-refractivity contribution in [2.45, 2.75) is 32.9 Å². The predicted molar refractivity (Wildman–Crippen MR) is 90.9 cm³/mol. The third-order valence-corrected chi connectivity index (χ3v) is 3.97. The zero-order valence-corrected chi connectivity index (χ0v) is 14.2. The summed E-state index contributed by atoms with van der Waals surface area (Å²) >= 11 is 0. The number of carbonyl (C=O) groups excluding carboxylic acids is 1. The topological polar surface area (TPSA) is 75.6 Å². The Balaban J connectivity index is 2.15. The Morgan fingerprint density at radius 2 is 1.84 bits per heavy atom. The molecule has 0 radical (unpaired) electrons. The first-order valence-electron chi connectivity index (χ1n) is 7.81. The van der Waals surface area contributed by atoms with Gasteiger partial charge in [0.2, 0.25) is 0 Å². The second-order valence-corrected chi connectivity index (χ2v) is 5.79. The molecule has 5 nitrogen and oxygen atoms in total. The molecule has 2 aromatic rings. The average Bonchev–Trinajstić information content (AvgIpc) is 2.55. The number of hydrogen-bond donors (Lipinski definition) is 2. The molecule has 132 valence electrons. The summed E-state index contributed by atoms with van der Waals surface area (Å²) in [6, 6.07) is 9.49. The maximum absolute atomic E-state index is 13.2. The van der Waals surface area contributed by atoms with Crippen molar-refractivity contribution in [3.8, 4) is 5.75 Å². The van der Waals surface area contributed by atoms with Crippen LogP contribution in [0.1, 0.15) is 29.7 Å². The SMILES string of the molecule is Cc1cccc(C(NC(=O)C(C)Oc2cccc(F)c2)C(=O)O)c1C. The Bertz CT molecular complexity index is 791. The number of carboxylic acid groups (broad SMARTS) is 1. The highest BCUT2D eigenvalue weighted by Crippen LogP contribution is 2.21. The lowest BCUT2D eigenvalue weighted by Crippen LogP contribution is -2.41. The summed E-state index contributed by atoms with van der Waals surface area (Å²) in [5.41, 5.74) is 2.25. The molecule has 0 aliphatic heterocycles. The van der Waals surface area contributed by atoms with Crippen LogP contribution in [-0.4, -0.2) is 23.1 Å². The molecule has 2 aromatic carbocycles. The van der Waals surface area contributed by atoms with Crippen LogP contribution in [0, 0.1) is 19.7 Å². The summed E-state index contributed by atoms with van der Waals surface area (Å²) in [7, 11) is 0. The molecule has 0 bridgehead atoms. The van der Waals surface area contributed by atoms with Crippen LogP contribution in [0.4, 0.5) is 4.39 Å². The number of nitrogens with one attached hydrogen (secondary N) is 1. The lowest BCUT2D eigenvalue weighted by Gasteiger charge is -2.21. The maximum Gasteiger partial charge on any atom is 0.330 e. The van der Waals surface area contributed by atoms with Crippen LogP contribution in [0.5, 0.6) is 5.75 Å². The molecule has 2 rings (SSSR count). The van der Waals surface area contributed by atoms with E-state index in [9.17, 15) is 19.1 Å². The fourth-order valence-electron chi connectivity index (χ4n) is 2.42. The van der Waals surface area contributed by atoms with Crippen LogP contribution in [0.25, 0.3) is 0 Å². The third-order valence-electron chi connectivity index (χ3n) is 3.97. The number of aliphatic carboxylic acids is 1. The Morgan fingerprint density at radius 1 is 1.16 bits per heavy atom. The van der Waals surface area contributed by atoms with Crippen molar-refractivity contribution in [2.24, 2.45) is 0 Å². The molecule has 0 aliphatic carbocycles. The molecular weight excluding hydrogens is 325 g/mol. The normalized spacial score (nSPS) is 13.0. The number of aryl methyl sites for hydroxylation is 1. The molecule has 6 heteroatoms. The van der Waals surface area contributed by atoms with Gasteiger partial charge in [-0.3, -0.25) is 4.79 Å². The van der Waals surface area contributed by atoms with Gasteiger partial charge in [-0.1, -0.05) is 24.3 Å². The molecule has 0 aromatic heterocycles. The molecule has 0 heterocycles. The van der Waals surface area contributed by atoms with E-state index in [1.54, 1.807) is 19.1 Å². The second-order valence-electron chi connectivity index (χ2n) is 5.79. The van der Waals surface area contributed by atoms with E-state index in [0.717, 1.165) is 17.2 Å². The van der Waals surface area contributed by atoms with E-state index in [4.69, 9.17) is 4.74 Å². The Hall–Kier alpha value is -2.89. The highest BCUT2D eigenvalue weighted by molar-refractivity contribution is 5.87. The number of hydrogen-bond acceptors (Lipinski definition) is 3. The molecule has 2 unspecified atom stereocenters. The monoisotopic (exact) mass is 345 g/mol. The number of carboxylic acids is 1. The van der Waals surface area contributed by atoms with Gasteiger partial charge >= 0.3 is 5.97 Å². The predicted octanol–water partition coefficient (Wildman–Crippen LogP) is 3.15. The van der Waals surface area contributed by atoms with Crippen LogP contribution in [-0.2, 0) is 9.59 Å². The van der Waals surface area contributed by atoms with Crippen LogP contribution in [0.15, 0.2) is 42.5 Å². The van der Waals surface area contributed by atoms with E-state index >= 15 is 0 Å². The minimum Gasteiger partial charge on any atom is -0.481 e. The lowest BCUT2D eigenvalue weighted by molar-refractivity contribution is -0.143. The van der Waals surface area contributed by atoms with Crippen LogP contribution in [0.2, 0.25) is 0 Å². The summed E-state index contributed by atoms with van der Waals surface area (Å²) in [6.45, 7) is 5.15. The molecule has 25 heavy (non-hydrogen) atoms. The van der Waals surface area contributed by atoms with E-state index in [1.807, 2.05) is 13.0 Å². The molecule has 1 amide bonds. The van der Waals surface area contributed by atoms with E-state index in [1.165, 1.54) is 25.1 Å². The zero-order valence-electron chi connectivity index (χ0n) is 14.2. The lowest BCUT2D eigenvalue weighted by atomic mass is 9.97. The van der Waals surface area contributed by atoms with Gasteiger partial charge in [-0.15, -0.1) is 0 Å². The van der Waals surface area contributed by atoms with Crippen molar-refractivity contribution in [3.05, 3.63) is 65.0 Å². The van der Waals surface area contributed by atoms with Crippen molar-refractivity contribution >= 4 is 11.9 Å². The van der Waals surface area contributed by atoms with Gasteiger partial charge in [-0.05, 0) is 49.6 Å². The second kappa shape index (κ2) is 7.79. The summed E-state index contributed by atoms with van der Waals surface area (Å²) in [5.74, 6) is -2.05. The first kappa shape index (κ1) is 18.4. The zero-order chi connectivity index (χ0) is 18.6. The molecule has 0 spiro atoms. The molecule has 0 saturated heterocycles. The summed E-state index contributed by atoms with van der Waals surface area (Å²) in [6.07, 6.45) is -0.978. The number of rotatable bonds is 6. The van der Waals surface area contributed by atoms with Crippen LogP contribution >= 0.6 is 0 Å². The Morgan fingerprint density at radius 3 is 2.48 bits per heavy atom. The van der Waals surface area contributed by atoms with E-state index in [-0.39, 0.29) is 5.75 Å². The minimum atomic E-state index is -1.19. The van der Waals surface area contributed by atoms with Crippen molar-refractivity contribution < 1.29 is 23.8 Å². The van der Waals surface area contributed by atoms with Crippen molar-refractivity contribution in [2.75, 3.05) is 0 Å². The van der Waals surface area contributed by atoms with Crippen molar-refractivity contribution in [3.63, 3.8) is 0 Å².